The molecule has 1 aromatic carbocycles. The van der Waals surface area contributed by atoms with Crippen LogP contribution in [0.2, 0.25) is 0 Å². The summed E-state index contributed by atoms with van der Waals surface area (Å²) in [5.41, 5.74) is 1.01. The van der Waals surface area contributed by atoms with Gasteiger partial charge in [0.05, 0.1) is 4.92 Å². The van der Waals surface area contributed by atoms with E-state index in [1.54, 1.807) is 12.1 Å². The Balaban J connectivity index is 1.64. The van der Waals surface area contributed by atoms with Gasteiger partial charge in [-0.3, -0.25) is 10.1 Å². The molecule has 2 aliphatic rings. The molecule has 0 amide bonds. The van der Waals surface area contributed by atoms with Gasteiger partial charge in [-0.1, -0.05) is 18.6 Å². The molecule has 2 fully saturated rings. The van der Waals surface area contributed by atoms with Gasteiger partial charge in [-0.15, -0.1) is 0 Å². The Labute approximate surface area is 125 Å². The van der Waals surface area contributed by atoms with Crippen molar-refractivity contribution < 1.29 is 4.92 Å². The van der Waals surface area contributed by atoms with E-state index in [9.17, 15) is 10.1 Å². The fourth-order valence-electron chi connectivity index (χ4n) is 3.64. The van der Waals surface area contributed by atoms with E-state index in [0.717, 1.165) is 31.6 Å². The van der Waals surface area contributed by atoms with E-state index >= 15 is 0 Å². The van der Waals surface area contributed by atoms with E-state index < -0.39 is 0 Å². The number of para-hydroxylation sites is 2. The second-order valence-corrected chi connectivity index (χ2v) is 6.06. The molecule has 114 valence electrons. The monoisotopic (exact) mass is 289 g/mol. The van der Waals surface area contributed by atoms with Gasteiger partial charge in [-0.2, -0.15) is 0 Å². The minimum absolute atomic E-state index is 0.230. The van der Waals surface area contributed by atoms with Crippen molar-refractivity contribution in [2.45, 2.75) is 38.1 Å². The number of piperidine rings is 2. The first-order valence-corrected chi connectivity index (χ1v) is 7.98. The normalized spacial score (nSPS) is 21.4. The lowest BCUT2D eigenvalue weighted by Crippen LogP contribution is -2.46. The van der Waals surface area contributed by atoms with E-state index in [4.69, 9.17) is 0 Å². The molecule has 0 aromatic heterocycles. The molecule has 0 unspecified atom stereocenters. The van der Waals surface area contributed by atoms with Crippen LogP contribution >= 0.6 is 0 Å². The SMILES string of the molecule is O=[N+]([O-])c1ccccc1N1CCC(N2CCCCC2)CC1. The molecule has 2 saturated heterocycles. The number of likely N-dealkylation sites (tertiary alicyclic amines) is 1. The van der Waals surface area contributed by atoms with Gasteiger partial charge in [-0.05, 0) is 44.8 Å². The highest BCUT2D eigenvalue weighted by Crippen LogP contribution is 2.31. The molecule has 0 bridgehead atoms. The van der Waals surface area contributed by atoms with E-state index in [1.165, 1.54) is 32.4 Å². The molecule has 0 radical (unpaired) electrons. The quantitative estimate of drug-likeness (QED) is 0.634. The lowest BCUT2D eigenvalue weighted by molar-refractivity contribution is -0.384. The molecule has 21 heavy (non-hydrogen) atoms. The molecule has 2 aliphatic heterocycles. The number of nitrogens with zero attached hydrogens (tertiary/aromatic N) is 3. The third kappa shape index (κ3) is 3.18. The van der Waals surface area contributed by atoms with Crippen LogP contribution in [-0.4, -0.2) is 42.0 Å². The molecule has 5 nitrogen and oxygen atoms in total. The maximum absolute atomic E-state index is 11.1. The number of anilines is 1. The van der Waals surface area contributed by atoms with Crippen LogP contribution in [0.3, 0.4) is 0 Å². The molecule has 0 atom stereocenters. The molecular weight excluding hydrogens is 266 g/mol. The summed E-state index contributed by atoms with van der Waals surface area (Å²) in [5, 5.41) is 11.1. The number of nitro benzene ring substituents is 1. The average molecular weight is 289 g/mol. The van der Waals surface area contributed by atoms with Crippen molar-refractivity contribution in [1.29, 1.82) is 0 Å². The number of rotatable bonds is 3. The Bertz CT molecular complexity index is 492. The fraction of sp³-hybridized carbons (Fsp3) is 0.625. The Kier molecular flexibility index (Phi) is 4.39. The van der Waals surface area contributed by atoms with Crippen molar-refractivity contribution in [3.05, 3.63) is 34.4 Å². The van der Waals surface area contributed by atoms with E-state index in [2.05, 4.69) is 9.80 Å². The van der Waals surface area contributed by atoms with Crippen LogP contribution in [0.4, 0.5) is 11.4 Å². The maximum atomic E-state index is 11.1. The summed E-state index contributed by atoms with van der Waals surface area (Å²) < 4.78 is 0. The van der Waals surface area contributed by atoms with Crippen LogP contribution in [0.5, 0.6) is 0 Å². The lowest BCUT2D eigenvalue weighted by Gasteiger charge is -2.40. The Morgan fingerprint density at radius 1 is 1.00 bits per heavy atom. The van der Waals surface area contributed by atoms with Crippen molar-refractivity contribution >= 4 is 11.4 Å². The number of hydrogen-bond donors (Lipinski definition) is 0. The first-order valence-electron chi connectivity index (χ1n) is 7.98. The maximum Gasteiger partial charge on any atom is 0.292 e. The highest BCUT2D eigenvalue weighted by atomic mass is 16.6. The van der Waals surface area contributed by atoms with Gasteiger partial charge in [0.2, 0.25) is 0 Å². The third-order valence-corrected chi connectivity index (χ3v) is 4.79. The molecule has 0 N–H and O–H groups in total. The lowest BCUT2D eigenvalue weighted by atomic mass is 9.99. The standard InChI is InChI=1S/C16H23N3O2/c20-19(21)16-7-3-2-6-15(16)18-12-8-14(9-13-18)17-10-4-1-5-11-17/h2-3,6-7,14H,1,4-5,8-13H2. The van der Waals surface area contributed by atoms with Crippen LogP contribution < -0.4 is 4.90 Å². The van der Waals surface area contributed by atoms with Gasteiger partial charge in [0.15, 0.2) is 0 Å². The Morgan fingerprint density at radius 3 is 2.33 bits per heavy atom. The largest absolute Gasteiger partial charge is 0.366 e. The van der Waals surface area contributed by atoms with E-state index in [1.807, 2.05) is 12.1 Å². The molecule has 0 aliphatic carbocycles. The van der Waals surface area contributed by atoms with Crippen LogP contribution in [-0.2, 0) is 0 Å². The van der Waals surface area contributed by atoms with Gasteiger partial charge in [0.1, 0.15) is 5.69 Å². The van der Waals surface area contributed by atoms with Gasteiger partial charge in [0.25, 0.3) is 5.69 Å². The molecule has 2 heterocycles. The molecule has 0 spiro atoms. The molecule has 0 saturated carbocycles. The summed E-state index contributed by atoms with van der Waals surface area (Å²) in [5.74, 6) is 0. The summed E-state index contributed by atoms with van der Waals surface area (Å²) >= 11 is 0. The van der Waals surface area contributed by atoms with Crippen LogP contribution in [0.15, 0.2) is 24.3 Å². The predicted molar refractivity (Wildman–Crippen MR) is 83.8 cm³/mol. The topological polar surface area (TPSA) is 49.6 Å². The smallest absolute Gasteiger partial charge is 0.292 e. The summed E-state index contributed by atoms with van der Waals surface area (Å²) in [6.07, 6.45) is 6.25. The molecule has 1 aromatic rings. The van der Waals surface area contributed by atoms with Crippen LogP contribution in [0.25, 0.3) is 0 Å². The third-order valence-electron chi connectivity index (χ3n) is 4.79. The van der Waals surface area contributed by atoms with Crippen LogP contribution in [0, 0.1) is 10.1 Å². The van der Waals surface area contributed by atoms with Crippen molar-refractivity contribution in [2.24, 2.45) is 0 Å². The minimum Gasteiger partial charge on any atom is -0.366 e. The van der Waals surface area contributed by atoms with Crippen molar-refractivity contribution in [3.8, 4) is 0 Å². The van der Waals surface area contributed by atoms with Crippen molar-refractivity contribution in [1.82, 2.24) is 4.90 Å². The summed E-state index contributed by atoms with van der Waals surface area (Å²) in [4.78, 5) is 15.7. The second-order valence-electron chi connectivity index (χ2n) is 6.06. The number of nitro groups is 1. The zero-order valence-corrected chi connectivity index (χ0v) is 12.4. The first kappa shape index (κ1) is 14.3. The fourth-order valence-corrected chi connectivity index (χ4v) is 3.64. The number of hydrogen-bond acceptors (Lipinski definition) is 4. The zero-order valence-electron chi connectivity index (χ0n) is 12.4. The average Bonchev–Trinajstić information content (AvgIpc) is 2.56. The van der Waals surface area contributed by atoms with Gasteiger partial charge < -0.3 is 9.80 Å². The number of benzene rings is 1. The summed E-state index contributed by atoms with van der Waals surface area (Å²) in [6.45, 7) is 4.31. The van der Waals surface area contributed by atoms with E-state index in [0.29, 0.717) is 6.04 Å². The van der Waals surface area contributed by atoms with Gasteiger partial charge in [0, 0.05) is 25.2 Å². The Hall–Kier alpha value is -1.62. The van der Waals surface area contributed by atoms with Crippen molar-refractivity contribution in [2.75, 3.05) is 31.1 Å². The predicted octanol–water partition coefficient (Wildman–Crippen LogP) is 3.05. The first-order chi connectivity index (χ1) is 10.3. The van der Waals surface area contributed by atoms with Gasteiger partial charge in [-0.25, -0.2) is 0 Å². The van der Waals surface area contributed by atoms with Crippen molar-refractivity contribution in [3.63, 3.8) is 0 Å². The highest BCUT2D eigenvalue weighted by molar-refractivity contribution is 5.63. The zero-order chi connectivity index (χ0) is 14.7. The molecular formula is C16H23N3O2. The molecule has 3 rings (SSSR count). The summed E-state index contributed by atoms with van der Waals surface area (Å²) in [6, 6.07) is 7.77. The van der Waals surface area contributed by atoms with Crippen LogP contribution in [0.1, 0.15) is 32.1 Å². The Morgan fingerprint density at radius 2 is 1.67 bits per heavy atom. The van der Waals surface area contributed by atoms with Gasteiger partial charge >= 0.3 is 0 Å². The summed E-state index contributed by atoms with van der Waals surface area (Å²) in [7, 11) is 0. The second kappa shape index (κ2) is 6.43. The highest BCUT2D eigenvalue weighted by Gasteiger charge is 2.28. The molecule has 5 heteroatoms. The van der Waals surface area contributed by atoms with E-state index in [-0.39, 0.29) is 10.6 Å². The minimum atomic E-state index is -0.272.